The van der Waals surface area contributed by atoms with Crippen LogP contribution in [0.15, 0.2) is 42.9 Å². The van der Waals surface area contributed by atoms with Crippen molar-refractivity contribution < 1.29 is 0 Å². The zero-order chi connectivity index (χ0) is 11.8. The maximum Gasteiger partial charge on any atom is 0.164 e. The zero-order valence-electron chi connectivity index (χ0n) is 9.46. The number of pyridine rings is 1. The van der Waals surface area contributed by atoms with E-state index < -0.39 is 0 Å². The Hall–Kier alpha value is -2.36. The third-order valence-electron chi connectivity index (χ3n) is 2.81. The molecule has 0 atom stereocenters. The standard InChI is InChI=1S/C13H12N4/c1-9-6-7-15-13-12(9)16-8-17(13)11-4-2-10(14)3-5-11/h2-8H,14H2,1H3. The minimum atomic E-state index is 0.752. The average molecular weight is 224 g/mol. The highest BCUT2D eigenvalue weighted by Gasteiger charge is 2.07. The maximum atomic E-state index is 5.68. The summed E-state index contributed by atoms with van der Waals surface area (Å²) in [6.45, 7) is 2.03. The van der Waals surface area contributed by atoms with Crippen LogP contribution in [0.1, 0.15) is 5.56 Å². The molecule has 4 heteroatoms. The van der Waals surface area contributed by atoms with Gasteiger partial charge in [0.1, 0.15) is 11.8 Å². The van der Waals surface area contributed by atoms with Crippen LogP contribution in [0.25, 0.3) is 16.9 Å². The monoisotopic (exact) mass is 224 g/mol. The second kappa shape index (κ2) is 3.59. The highest BCUT2D eigenvalue weighted by atomic mass is 15.1. The van der Waals surface area contributed by atoms with E-state index in [0.717, 1.165) is 28.1 Å². The van der Waals surface area contributed by atoms with E-state index in [1.165, 1.54) is 0 Å². The minimum Gasteiger partial charge on any atom is -0.399 e. The molecular formula is C13H12N4. The van der Waals surface area contributed by atoms with Crippen molar-refractivity contribution in [2.75, 3.05) is 5.73 Å². The summed E-state index contributed by atoms with van der Waals surface area (Å²) in [6, 6.07) is 9.62. The van der Waals surface area contributed by atoms with Crippen LogP contribution in [0.2, 0.25) is 0 Å². The molecule has 2 N–H and O–H groups in total. The summed E-state index contributed by atoms with van der Waals surface area (Å²) in [5.74, 6) is 0. The predicted molar refractivity (Wildman–Crippen MR) is 68.0 cm³/mol. The van der Waals surface area contributed by atoms with Crippen LogP contribution < -0.4 is 5.73 Å². The Morgan fingerprint density at radius 1 is 1.06 bits per heavy atom. The number of nitrogen functional groups attached to an aromatic ring is 1. The van der Waals surface area contributed by atoms with Gasteiger partial charge in [-0.25, -0.2) is 9.97 Å². The van der Waals surface area contributed by atoms with Crippen LogP contribution in [0.5, 0.6) is 0 Å². The third-order valence-corrected chi connectivity index (χ3v) is 2.81. The molecule has 0 bridgehead atoms. The molecule has 1 aromatic carbocycles. The van der Waals surface area contributed by atoms with E-state index in [9.17, 15) is 0 Å². The lowest BCUT2D eigenvalue weighted by Gasteiger charge is -2.03. The number of hydrogen-bond acceptors (Lipinski definition) is 3. The molecule has 0 radical (unpaired) electrons. The molecule has 3 aromatic rings. The second-order valence-corrected chi connectivity index (χ2v) is 4.01. The van der Waals surface area contributed by atoms with Gasteiger partial charge in [0, 0.05) is 17.6 Å². The van der Waals surface area contributed by atoms with Crippen molar-refractivity contribution in [2.45, 2.75) is 6.92 Å². The Labute approximate surface area is 98.7 Å². The molecule has 4 nitrogen and oxygen atoms in total. The van der Waals surface area contributed by atoms with Gasteiger partial charge in [-0.05, 0) is 42.8 Å². The molecule has 2 heterocycles. The fraction of sp³-hybridized carbons (Fsp3) is 0.0769. The lowest BCUT2D eigenvalue weighted by molar-refractivity contribution is 1.07. The summed E-state index contributed by atoms with van der Waals surface area (Å²) in [5, 5.41) is 0. The Kier molecular flexibility index (Phi) is 2.08. The van der Waals surface area contributed by atoms with Gasteiger partial charge in [-0.1, -0.05) is 0 Å². The van der Waals surface area contributed by atoms with E-state index in [-0.39, 0.29) is 0 Å². The van der Waals surface area contributed by atoms with Crippen LogP contribution in [-0.2, 0) is 0 Å². The van der Waals surface area contributed by atoms with Gasteiger partial charge in [0.05, 0.1) is 0 Å². The average Bonchev–Trinajstić information content (AvgIpc) is 2.75. The largest absolute Gasteiger partial charge is 0.399 e. The van der Waals surface area contributed by atoms with Crippen LogP contribution >= 0.6 is 0 Å². The van der Waals surface area contributed by atoms with Crippen molar-refractivity contribution in [1.82, 2.24) is 14.5 Å². The fourth-order valence-corrected chi connectivity index (χ4v) is 1.87. The van der Waals surface area contributed by atoms with Crippen molar-refractivity contribution in [1.29, 1.82) is 0 Å². The summed E-state index contributed by atoms with van der Waals surface area (Å²) in [5.41, 5.74) is 10.4. The molecular weight excluding hydrogens is 212 g/mol. The number of hydrogen-bond donors (Lipinski definition) is 1. The van der Waals surface area contributed by atoms with Crippen molar-refractivity contribution in [3.8, 4) is 5.69 Å². The summed E-state index contributed by atoms with van der Waals surface area (Å²) < 4.78 is 1.96. The van der Waals surface area contributed by atoms with Gasteiger partial charge in [0.2, 0.25) is 0 Å². The first kappa shape index (κ1) is 9.84. The van der Waals surface area contributed by atoms with Gasteiger partial charge in [-0.15, -0.1) is 0 Å². The molecule has 0 aliphatic heterocycles. The molecule has 0 saturated heterocycles. The predicted octanol–water partition coefficient (Wildman–Crippen LogP) is 2.31. The van der Waals surface area contributed by atoms with E-state index in [0.29, 0.717) is 0 Å². The number of rotatable bonds is 1. The summed E-state index contributed by atoms with van der Waals surface area (Å²) in [6.07, 6.45) is 3.59. The quantitative estimate of drug-likeness (QED) is 0.645. The van der Waals surface area contributed by atoms with Gasteiger partial charge >= 0.3 is 0 Å². The molecule has 0 aliphatic rings. The first-order valence-corrected chi connectivity index (χ1v) is 5.40. The number of benzene rings is 1. The van der Waals surface area contributed by atoms with Crippen molar-refractivity contribution in [3.05, 3.63) is 48.4 Å². The second-order valence-electron chi connectivity index (χ2n) is 4.01. The molecule has 0 saturated carbocycles. The number of imidazole rings is 1. The van der Waals surface area contributed by atoms with Crippen LogP contribution in [0, 0.1) is 6.92 Å². The molecule has 2 aromatic heterocycles. The van der Waals surface area contributed by atoms with Gasteiger partial charge in [0.15, 0.2) is 5.65 Å². The SMILES string of the molecule is Cc1ccnc2c1ncn2-c1ccc(N)cc1. The van der Waals surface area contributed by atoms with E-state index >= 15 is 0 Å². The van der Waals surface area contributed by atoms with E-state index in [2.05, 4.69) is 9.97 Å². The normalized spacial score (nSPS) is 10.9. The Balaban J connectivity index is 2.24. The lowest BCUT2D eigenvalue weighted by atomic mass is 10.2. The zero-order valence-corrected chi connectivity index (χ0v) is 9.46. The van der Waals surface area contributed by atoms with Crippen molar-refractivity contribution in [3.63, 3.8) is 0 Å². The third kappa shape index (κ3) is 1.54. The number of aryl methyl sites for hydroxylation is 1. The molecule has 0 spiro atoms. The number of nitrogens with two attached hydrogens (primary N) is 1. The number of fused-ring (bicyclic) bond motifs is 1. The van der Waals surface area contributed by atoms with Gasteiger partial charge in [-0.2, -0.15) is 0 Å². The van der Waals surface area contributed by atoms with Crippen LogP contribution in [-0.4, -0.2) is 14.5 Å². The van der Waals surface area contributed by atoms with Gasteiger partial charge < -0.3 is 5.73 Å². The van der Waals surface area contributed by atoms with Gasteiger partial charge in [0.25, 0.3) is 0 Å². The number of nitrogens with zero attached hydrogens (tertiary/aromatic N) is 3. The molecule has 0 unspecified atom stereocenters. The molecule has 0 amide bonds. The smallest absolute Gasteiger partial charge is 0.164 e. The number of anilines is 1. The summed E-state index contributed by atoms with van der Waals surface area (Å²) >= 11 is 0. The lowest BCUT2D eigenvalue weighted by Crippen LogP contribution is -1.94. The first-order chi connectivity index (χ1) is 8.25. The summed E-state index contributed by atoms with van der Waals surface area (Å²) in [7, 11) is 0. The molecule has 0 aliphatic carbocycles. The number of aromatic nitrogens is 3. The van der Waals surface area contributed by atoms with Crippen molar-refractivity contribution >= 4 is 16.9 Å². The highest BCUT2D eigenvalue weighted by molar-refractivity contribution is 5.76. The Morgan fingerprint density at radius 3 is 2.59 bits per heavy atom. The molecule has 0 fully saturated rings. The van der Waals surface area contributed by atoms with E-state index in [1.54, 1.807) is 12.5 Å². The fourth-order valence-electron chi connectivity index (χ4n) is 1.87. The first-order valence-electron chi connectivity index (χ1n) is 5.40. The molecule has 3 rings (SSSR count). The van der Waals surface area contributed by atoms with Gasteiger partial charge in [-0.3, -0.25) is 4.57 Å². The van der Waals surface area contributed by atoms with E-state index in [1.807, 2.05) is 41.8 Å². The topological polar surface area (TPSA) is 56.7 Å². The summed E-state index contributed by atoms with van der Waals surface area (Å²) in [4.78, 5) is 8.76. The molecule has 84 valence electrons. The van der Waals surface area contributed by atoms with Crippen LogP contribution in [0.4, 0.5) is 5.69 Å². The maximum absolute atomic E-state index is 5.68. The van der Waals surface area contributed by atoms with Crippen molar-refractivity contribution in [2.24, 2.45) is 0 Å². The highest BCUT2D eigenvalue weighted by Crippen LogP contribution is 2.19. The Morgan fingerprint density at radius 2 is 1.82 bits per heavy atom. The van der Waals surface area contributed by atoms with E-state index in [4.69, 9.17) is 5.73 Å². The minimum absolute atomic E-state index is 0.752. The van der Waals surface area contributed by atoms with Crippen LogP contribution in [0.3, 0.4) is 0 Å². The Bertz CT molecular complexity index is 667. The molecule has 17 heavy (non-hydrogen) atoms.